The SMILES string of the molecule is Cc1ccc(C(O)(CCNC(=O)N2CCN(c3cccc(C(F)(F)F)c3)CC2)C(F)(F)F)o1. The van der Waals surface area contributed by atoms with Crippen molar-refractivity contribution in [3.8, 4) is 0 Å². The lowest BCUT2D eigenvalue weighted by molar-refractivity contribution is -0.274. The smallest absolute Gasteiger partial charge is 0.424 e. The van der Waals surface area contributed by atoms with E-state index in [1.807, 2.05) is 0 Å². The average Bonchev–Trinajstić information content (AvgIpc) is 3.19. The standard InChI is InChI=1S/C21H23F6N3O3/c1-14-5-6-17(33-14)19(32,21(25,26)27)7-8-28-18(31)30-11-9-29(10-12-30)16-4-2-3-15(13-16)20(22,23)24/h2-6,13,32H,7-12H2,1H3,(H,28,31). The van der Waals surface area contributed by atoms with E-state index in [2.05, 4.69) is 5.32 Å². The number of hydrogen-bond donors (Lipinski definition) is 2. The van der Waals surface area contributed by atoms with Crippen LogP contribution in [0.3, 0.4) is 0 Å². The van der Waals surface area contributed by atoms with Crippen LogP contribution in [0.15, 0.2) is 40.8 Å². The molecule has 12 heteroatoms. The molecular formula is C21H23F6N3O3. The minimum Gasteiger partial charge on any atom is -0.463 e. The van der Waals surface area contributed by atoms with E-state index in [9.17, 15) is 36.2 Å². The molecule has 0 bridgehead atoms. The van der Waals surface area contributed by atoms with Crippen molar-refractivity contribution in [2.24, 2.45) is 0 Å². The first kappa shape index (κ1) is 24.7. The van der Waals surface area contributed by atoms with E-state index < -0.39 is 48.3 Å². The van der Waals surface area contributed by atoms with Crippen molar-refractivity contribution >= 4 is 11.7 Å². The number of carbonyl (C=O) groups excluding carboxylic acids is 1. The predicted octanol–water partition coefficient (Wildman–Crippen LogP) is 4.28. The normalized spacial score (nSPS) is 17.1. The zero-order valence-electron chi connectivity index (χ0n) is 17.6. The number of hydrogen-bond acceptors (Lipinski definition) is 4. The maximum absolute atomic E-state index is 13.5. The first-order valence-electron chi connectivity index (χ1n) is 10.1. The molecule has 0 spiro atoms. The van der Waals surface area contributed by atoms with E-state index >= 15 is 0 Å². The molecule has 1 atom stereocenters. The van der Waals surface area contributed by atoms with Crippen LogP contribution in [0.4, 0.5) is 36.8 Å². The lowest BCUT2D eigenvalue weighted by Crippen LogP contribution is -2.52. The highest BCUT2D eigenvalue weighted by molar-refractivity contribution is 5.74. The van der Waals surface area contributed by atoms with Crippen molar-refractivity contribution in [3.05, 3.63) is 53.5 Å². The number of rotatable bonds is 5. The van der Waals surface area contributed by atoms with E-state index in [0.717, 1.165) is 18.2 Å². The third-order valence-corrected chi connectivity index (χ3v) is 5.49. The number of nitrogens with one attached hydrogen (secondary N) is 1. The Bertz CT molecular complexity index is 967. The van der Waals surface area contributed by atoms with Gasteiger partial charge in [-0.2, -0.15) is 26.3 Å². The lowest BCUT2D eigenvalue weighted by Gasteiger charge is -2.36. The molecule has 0 saturated carbocycles. The highest BCUT2D eigenvalue weighted by Gasteiger charge is 2.56. The van der Waals surface area contributed by atoms with Crippen LogP contribution in [0.2, 0.25) is 0 Å². The van der Waals surface area contributed by atoms with Crippen molar-refractivity contribution in [2.75, 3.05) is 37.6 Å². The fourth-order valence-electron chi connectivity index (χ4n) is 3.57. The Balaban J connectivity index is 1.54. The molecular weight excluding hydrogens is 456 g/mol. The summed E-state index contributed by atoms with van der Waals surface area (Å²) in [5, 5.41) is 12.6. The molecule has 0 radical (unpaired) electrons. The van der Waals surface area contributed by atoms with Crippen LogP contribution in [-0.4, -0.2) is 54.9 Å². The Hall–Kier alpha value is -2.89. The second kappa shape index (κ2) is 9.16. The summed E-state index contributed by atoms with van der Waals surface area (Å²) in [5.74, 6) is -0.452. The van der Waals surface area contributed by atoms with Gasteiger partial charge in [0.05, 0.1) is 5.56 Å². The summed E-state index contributed by atoms with van der Waals surface area (Å²) in [6.07, 6.45) is -10.3. The molecule has 1 unspecified atom stereocenters. The largest absolute Gasteiger partial charge is 0.463 e. The number of anilines is 1. The van der Waals surface area contributed by atoms with Gasteiger partial charge in [0.1, 0.15) is 11.5 Å². The zero-order chi connectivity index (χ0) is 24.4. The van der Waals surface area contributed by atoms with Gasteiger partial charge in [-0.05, 0) is 37.3 Å². The van der Waals surface area contributed by atoms with Gasteiger partial charge in [0.25, 0.3) is 0 Å². The molecule has 2 N–H and O–H groups in total. The number of urea groups is 1. The quantitative estimate of drug-likeness (QED) is 0.629. The molecule has 0 aliphatic carbocycles. The molecule has 2 amide bonds. The summed E-state index contributed by atoms with van der Waals surface area (Å²) in [6, 6.07) is 6.56. The predicted molar refractivity (Wildman–Crippen MR) is 107 cm³/mol. The minimum absolute atomic E-state index is 0.170. The molecule has 33 heavy (non-hydrogen) atoms. The molecule has 1 aliphatic rings. The Morgan fingerprint density at radius 3 is 2.27 bits per heavy atom. The topological polar surface area (TPSA) is 69.0 Å². The second-order valence-corrected chi connectivity index (χ2v) is 7.77. The number of nitrogens with zero attached hydrogens (tertiary/aromatic N) is 2. The maximum atomic E-state index is 13.5. The fourth-order valence-corrected chi connectivity index (χ4v) is 3.57. The number of carbonyl (C=O) groups is 1. The Labute approximate surface area is 185 Å². The number of alkyl halides is 6. The number of furan rings is 1. The Morgan fingerprint density at radius 1 is 1.06 bits per heavy atom. The molecule has 1 aromatic heterocycles. The third-order valence-electron chi connectivity index (χ3n) is 5.49. The Kier molecular flexibility index (Phi) is 6.87. The number of aliphatic hydroxyl groups is 1. The Morgan fingerprint density at radius 2 is 1.73 bits per heavy atom. The average molecular weight is 479 g/mol. The van der Waals surface area contributed by atoms with Crippen molar-refractivity contribution in [1.82, 2.24) is 10.2 Å². The van der Waals surface area contributed by atoms with Crippen LogP contribution in [-0.2, 0) is 11.8 Å². The van der Waals surface area contributed by atoms with Crippen LogP contribution >= 0.6 is 0 Å². The highest BCUT2D eigenvalue weighted by Crippen LogP contribution is 2.42. The summed E-state index contributed by atoms with van der Waals surface area (Å²) in [7, 11) is 0. The first-order chi connectivity index (χ1) is 15.3. The van der Waals surface area contributed by atoms with Crippen LogP contribution in [0.1, 0.15) is 23.5 Å². The van der Waals surface area contributed by atoms with E-state index in [1.54, 1.807) is 11.0 Å². The summed E-state index contributed by atoms with van der Waals surface area (Å²) >= 11 is 0. The number of benzene rings is 1. The minimum atomic E-state index is -5.02. The molecule has 182 valence electrons. The summed E-state index contributed by atoms with van der Waals surface area (Å²) < 4.78 is 84.1. The van der Waals surface area contributed by atoms with Crippen LogP contribution in [0.25, 0.3) is 0 Å². The molecule has 1 saturated heterocycles. The van der Waals surface area contributed by atoms with Gasteiger partial charge in [-0.25, -0.2) is 4.79 Å². The van der Waals surface area contributed by atoms with Gasteiger partial charge in [0.15, 0.2) is 0 Å². The van der Waals surface area contributed by atoms with E-state index in [4.69, 9.17) is 4.42 Å². The molecule has 1 aromatic carbocycles. The summed E-state index contributed by atoms with van der Waals surface area (Å²) in [4.78, 5) is 15.4. The summed E-state index contributed by atoms with van der Waals surface area (Å²) in [5.41, 5.74) is -3.66. The van der Waals surface area contributed by atoms with Crippen molar-refractivity contribution in [1.29, 1.82) is 0 Å². The first-order valence-corrected chi connectivity index (χ1v) is 10.1. The third kappa shape index (κ3) is 5.55. The van der Waals surface area contributed by atoms with Gasteiger partial charge in [-0.3, -0.25) is 0 Å². The molecule has 1 aliphatic heterocycles. The zero-order valence-corrected chi connectivity index (χ0v) is 17.6. The fraction of sp³-hybridized carbons (Fsp3) is 0.476. The van der Waals surface area contributed by atoms with Crippen molar-refractivity contribution < 1.29 is 40.7 Å². The molecule has 3 rings (SSSR count). The van der Waals surface area contributed by atoms with Crippen LogP contribution in [0, 0.1) is 6.92 Å². The number of piperazine rings is 1. The van der Waals surface area contributed by atoms with E-state index in [1.165, 1.54) is 24.0 Å². The van der Waals surface area contributed by atoms with Gasteiger partial charge >= 0.3 is 18.4 Å². The van der Waals surface area contributed by atoms with Crippen molar-refractivity contribution in [3.63, 3.8) is 0 Å². The van der Waals surface area contributed by atoms with E-state index in [0.29, 0.717) is 5.69 Å². The number of aryl methyl sites for hydroxylation is 1. The van der Waals surface area contributed by atoms with Gasteiger partial charge in [-0.1, -0.05) is 6.07 Å². The van der Waals surface area contributed by atoms with Gasteiger partial charge in [-0.15, -0.1) is 0 Å². The highest BCUT2D eigenvalue weighted by atomic mass is 19.4. The molecule has 6 nitrogen and oxygen atoms in total. The molecule has 1 fully saturated rings. The maximum Gasteiger partial charge on any atom is 0.424 e. The monoisotopic (exact) mass is 479 g/mol. The van der Waals surface area contributed by atoms with Crippen LogP contribution in [0.5, 0.6) is 0 Å². The number of amides is 2. The lowest BCUT2D eigenvalue weighted by atomic mass is 9.96. The van der Waals surface area contributed by atoms with Gasteiger partial charge < -0.3 is 24.6 Å². The van der Waals surface area contributed by atoms with Crippen LogP contribution < -0.4 is 10.2 Å². The molecule has 2 heterocycles. The van der Waals surface area contributed by atoms with Gasteiger partial charge in [0, 0.05) is 44.8 Å². The van der Waals surface area contributed by atoms with E-state index in [-0.39, 0.29) is 31.9 Å². The second-order valence-electron chi connectivity index (χ2n) is 7.77. The van der Waals surface area contributed by atoms with Gasteiger partial charge in [0.2, 0.25) is 5.60 Å². The molecule has 2 aromatic rings. The van der Waals surface area contributed by atoms with Crippen molar-refractivity contribution in [2.45, 2.75) is 31.3 Å². The number of halogens is 6. The summed E-state index contributed by atoms with van der Waals surface area (Å²) in [6.45, 7) is 1.83.